The van der Waals surface area contributed by atoms with E-state index in [4.69, 9.17) is 4.74 Å². The normalized spacial score (nSPS) is 28.0. The first-order valence-electron chi connectivity index (χ1n) is 5.00. The van der Waals surface area contributed by atoms with Gasteiger partial charge in [-0.3, -0.25) is 9.80 Å². The van der Waals surface area contributed by atoms with Gasteiger partial charge in [0.15, 0.2) is 0 Å². The number of rotatable bonds is 1. The van der Waals surface area contributed by atoms with E-state index in [1.165, 1.54) is 9.42 Å². The highest BCUT2D eigenvalue weighted by Crippen LogP contribution is 2.17. The number of ether oxygens (including phenoxy) is 1. The average Bonchev–Trinajstić information content (AvgIpc) is 2.19. The van der Waals surface area contributed by atoms with Crippen molar-refractivity contribution in [3.05, 3.63) is 0 Å². The van der Waals surface area contributed by atoms with Gasteiger partial charge < -0.3 is 4.74 Å². The van der Waals surface area contributed by atoms with Crippen molar-refractivity contribution in [2.24, 2.45) is 0 Å². The minimum atomic E-state index is -3.27. The molecule has 2 aliphatic heterocycles. The molecule has 0 bridgehead atoms. The number of hydrogen-bond acceptors (Lipinski definition) is 4. The van der Waals surface area contributed by atoms with Crippen LogP contribution in [0.15, 0.2) is 0 Å². The number of morpholine rings is 1. The largest absolute Gasteiger partial charge is 0.370 e. The zero-order valence-electron chi connectivity index (χ0n) is 8.39. The van der Waals surface area contributed by atoms with Gasteiger partial charge in [0, 0.05) is 6.54 Å². The molecule has 2 aliphatic rings. The molecule has 2 saturated heterocycles. The van der Waals surface area contributed by atoms with E-state index in [-0.39, 0.29) is 18.3 Å². The quantitative estimate of drug-likeness (QED) is 0.595. The van der Waals surface area contributed by atoms with Crippen molar-refractivity contribution in [2.75, 3.05) is 32.1 Å². The molecule has 2 rings (SSSR count). The highest BCUT2D eigenvalue weighted by molar-refractivity contribution is 7.89. The Morgan fingerprint density at radius 1 is 1.20 bits per heavy atom. The summed E-state index contributed by atoms with van der Waals surface area (Å²) >= 11 is 0. The van der Waals surface area contributed by atoms with E-state index < -0.39 is 10.0 Å². The van der Waals surface area contributed by atoms with Crippen molar-refractivity contribution < 1.29 is 17.9 Å². The van der Waals surface area contributed by atoms with Gasteiger partial charge in [0.05, 0.1) is 18.9 Å². The molecular formula is C8H14N2O4S. The van der Waals surface area contributed by atoms with Crippen LogP contribution in [0.1, 0.15) is 12.8 Å². The lowest BCUT2D eigenvalue weighted by molar-refractivity contribution is -0.156. The van der Waals surface area contributed by atoms with E-state index in [1.54, 1.807) is 0 Å². The summed E-state index contributed by atoms with van der Waals surface area (Å²) in [5.74, 6) is -0.135. The molecule has 0 N–H and O–H groups in total. The van der Waals surface area contributed by atoms with Crippen LogP contribution in [0.4, 0.5) is 0 Å². The second-order valence-electron chi connectivity index (χ2n) is 3.64. The summed E-state index contributed by atoms with van der Waals surface area (Å²) < 4.78 is 29.6. The number of hydrogen-bond donors (Lipinski definition) is 0. The molecule has 0 spiro atoms. The summed E-state index contributed by atoms with van der Waals surface area (Å²) in [4.78, 5) is 11.5. The van der Waals surface area contributed by atoms with Crippen molar-refractivity contribution in [2.45, 2.75) is 12.8 Å². The second-order valence-corrected chi connectivity index (χ2v) is 5.63. The van der Waals surface area contributed by atoms with E-state index in [1.807, 2.05) is 0 Å². The highest BCUT2D eigenvalue weighted by atomic mass is 32.2. The molecule has 7 heteroatoms. The summed E-state index contributed by atoms with van der Waals surface area (Å²) in [6.45, 7) is 1.12. The molecule has 1 amide bonds. The summed E-state index contributed by atoms with van der Waals surface area (Å²) in [5, 5.41) is 1.30. The fraction of sp³-hybridized carbons (Fsp3) is 0.875. The number of carbonyl (C=O) groups is 1. The third kappa shape index (κ3) is 2.14. The number of sulfonamides is 1. The maximum absolute atomic E-state index is 11.7. The van der Waals surface area contributed by atoms with Gasteiger partial charge in [-0.25, -0.2) is 8.42 Å². The molecule has 0 aliphatic carbocycles. The maximum Gasteiger partial charge on any atom is 0.263 e. The van der Waals surface area contributed by atoms with Gasteiger partial charge in [-0.2, -0.15) is 0 Å². The number of carbonyl (C=O) groups excluding carboxylic acids is 1. The first-order valence-corrected chi connectivity index (χ1v) is 6.60. The molecule has 86 valence electrons. The lowest BCUT2D eigenvalue weighted by atomic mass is 10.3. The van der Waals surface area contributed by atoms with Crippen LogP contribution in [0.25, 0.3) is 0 Å². The Bertz CT molecular complexity index is 354. The molecule has 0 unspecified atom stereocenters. The number of amides is 1. The number of hydrazine groups is 1. The molecular weight excluding hydrogens is 220 g/mol. The third-order valence-corrected chi connectivity index (χ3v) is 4.38. The summed E-state index contributed by atoms with van der Waals surface area (Å²) in [7, 11) is -3.27. The molecule has 0 atom stereocenters. The summed E-state index contributed by atoms with van der Waals surface area (Å²) in [6, 6.07) is 0. The molecule has 0 radical (unpaired) electrons. The molecule has 0 aromatic rings. The van der Waals surface area contributed by atoms with Crippen LogP contribution in [-0.4, -0.2) is 55.8 Å². The Balaban J connectivity index is 2.17. The first kappa shape index (κ1) is 10.8. The predicted octanol–water partition coefficient (Wildman–Crippen LogP) is -0.814. The van der Waals surface area contributed by atoms with Crippen LogP contribution in [-0.2, 0) is 19.6 Å². The van der Waals surface area contributed by atoms with Crippen LogP contribution in [0, 0.1) is 0 Å². The van der Waals surface area contributed by atoms with Crippen molar-refractivity contribution >= 4 is 15.9 Å². The lowest BCUT2D eigenvalue weighted by Crippen LogP contribution is -2.56. The second kappa shape index (κ2) is 4.07. The molecule has 0 saturated carbocycles. The molecule has 6 nitrogen and oxygen atoms in total. The van der Waals surface area contributed by atoms with E-state index in [2.05, 4.69) is 0 Å². The van der Waals surface area contributed by atoms with E-state index in [9.17, 15) is 13.2 Å². The van der Waals surface area contributed by atoms with Gasteiger partial charge in [-0.05, 0) is 12.8 Å². The average molecular weight is 234 g/mol. The van der Waals surface area contributed by atoms with E-state index in [0.29, 0.717) is 26.1 Å². The Morgan fingerprint density at radius 2 is 2.00 bits per heavy atom. The lowest BCUT2D eigenvalue weighted by Gasteiger charge is -2.37. The predicted molar refractivity (Wildman–Crippen MR) is 52.3 cm³/mol. The fourth-order valence-corrected chi connectivity index (χ4v) is 3.45. The van der Waals surface area contributed by atoms with Gasteiger partial charge in [-0.15, -0.1) is 4.41 Å². The zero-order valence-corrected chi connectivity index (χ0v) is 9.20. The smallest absolute Gasteiger partial charge is 0.263 e. The minimum absolute atomic E-state index is 0.0218. The number of nitrogens with zero attached hydrogens (tertiary/aromatic N) is 2. The minimum Gasteiger partial charge on any atom is -0.370 e. The van der Waals surface area contributed by atoms with Gasteiger partial charge in [0.25, 0.3) is 5.91 Å². The fourth-order valence-electron chi connectivity index (χ4n) is 1.79. The SMILES string of the molecule is O=C1COCCN1N1CCCCS1(=O)=O. The molecule has 2 heterocycles. The molecule has 0 aromatic heterocycles. The summed E-state index contributed by atoms with van der Waals surface area (Å²) in [6.07, 6.45) is 1.49. The van der Waals surface area contributed by atoms with Crippen LogP contribution in [0.3, 0.4) is 0 Å². The molecule has 15 heavy (non-hydrogen) atoms. The van der Waals surface area contributed by atoms with Crippen LogP contribution in [0.5, 0.6) is 0 Å². The van der Waals surface area contributed by atoms with Gasteiger partial charge in [-0.1, -0.05) is 0 Å². The van der Waals surface area contributed by atoms with Gasteiger partial charge >= 0.3 is 0 Å². The standard InChI is InChI=1S/C8H14N2O4S/c11-8-7-14-5-4-9(8)10-3-1-2-6-15(10,12)13/h1-7H2. The topological polar surface area (TPSA) is 66.9 Å². The summed E-state index contributed by atoms with van der Waals surface area (Å²) in [5.41, 5.74) is 0. The van der Waals surface area contributed by atoms with Gasteiger partial charge in [0.2, 0.25) is 10.0 Å². The zero-order chi connectivity index (χ0) is 10.9. The molecule has 2 fully saturated rings. The van der Waals surface area contributed by atoms with Crippen molar-refractivity contribution in [1.29, 1.82) is 0 Å². The highest BCUT2D eigenvalue weighted by Gasteiger charge is 2.34. The Labute approximate surface area is 88.8 Å². The molecule has 0 aromatic carbocycles. The van der Waals surface area contributed by atoms with Gasteiger partial charge in [0.1, 0.15) is 6.61 Å². The third-order valence-electron chi connectivity index (χ3n) is 2.55. The first-order chi connectivity index (χ1) is 7.11. The van der Waals surface area contributed by atoms with Crippen LogP contribution >= 0.6 is 0 Å². The van der Waals surface area contributed by atoms with Crippen molar-refractivity contribution in [3.63, 3.8) is 0 Å². The van der Waals surface area contributed by atoms with E-state index in [0.717, 1.165) is 6.42 Å². The monoisotopic (exact) mass is 234 g/mol. The maximum atomic E-state index is 11.7. The Kier molecular flexibility index (Phi) is 2.94. The Morgan fingerprint density at radius 3 is 2.67 bits per heavy atom. The Hall–Kier alpha value is -0.660. The van der Waals surface area contributed by atoms with Crippen LogP contribution in [0.2, 0.25) is 0 Å². The van der Waals surface area contributed by atoms with Crippen molar-refractivity contribution in [3.8, 4) is 0 Å². The van der Waals surface area contributed by atoms with Crippen LogP contribution < -0.4 is 0 Å². The van der Waals surface area contributed by atoms with E-state index >= 15 is 0 Å². The van der Waals surface area contributed by atoms with Crippen molar-refractivity contribution in [1.82, 2.24) is 9.42 Å².